The van der Waals surface area contributed by atoms with Crippen LogP contribution in [0.2, 0.25) is 5.02 Å². The average molecular weight is 257 g/mol. The van der Waals surface area contributed by atoms with Gasteiger partial charge in [0, 0.05) is 5.56 Å². The molecule has 0 atom stereocenters. The second-order valence-corrected chi connectivity index (χ2v) is 3.44. The molecular weight excluding hydrogens is 251 g/mol. The van der Waals surface area contributed by atoms with Gasteiger partial charge in [-0.3, -0.25) is 0 Å². The lowest BCUT2D eigenvalue weighted by Crippen LogP contribution is -2.00. The molecule has 0 bridgehead atoms. The van der Waals surface area contributed by atoms with Crippen LogP contribution in [0.4, 0.5) is 4.39 Å². The van der Waals surface area contributed by atoms with Crippen molar-refractivity contribution in [2.24, 2.45) is 0 Å². The maximum absolute atomic E-state index is 13.2. The lowest BCUT2D eigenvalue weighted by molar-refractivity contribution is 0.0556. The first-order valence-electron chi connectivity index (χ1n) is 4.49. The molecule has 2 aromatic rings. The molecule has 0 aliphatic carbocycles. The predicted molar refractivity (Wildman–Crippen MR) is 56.0 cm³/mol. The molecule has 0 fully saturated rings. The molecule has 88 valence electrons. The van der Waals surface area contributed by atoms with E-state index in [2.05, 4.69) is 14.9 Å². The Morgan fingerprint density at radius 1 is 1.47 bits per heavy atom. The zero-order valence-electron chi connectivity index (χ0n) is 8.61. The minimum atomic E-state index is -0.752. The van der Waals surface area contributed by atoms with E-state index in [4.69, 9.17) is 16.0 Å². The van der Waals surface area contributed by atoms with Gasteiger partial charge in [-0.1, -0.05) is 11.6 Å². The van der Waals surface area contributed by atoms with Gasteiger partial charge in [0.25, 0.3) is 0 Å². The number of esters is 1. The van der Waals surface area contributed by atoms with Gasteiger partial charge in [-0.15, -0.1) is 10.2 Å². The summed E-state index contributed by atoms with van der Waals surface area (Å²) in [6, 6.07) is 3.99. The van der Waals surface area contributed by atoms with Crippen molar-refractivity contribution in [3.63, 3.8) is 0 Å². The summed E-state index contributed by atoms with van der Waals surface area (Å²) < 4.78 is 22.6. The molecule has 0 spiro atoms. The van der Waals surface area contributed by atoms with Gasteiger partial charge in [0.2, 0.25) is 5.89 Å². The van der Waals surface area contributed by atoms with E-state index in [9.17, 15) is 9.18 Å². The molecule has 0 aliphatic heterocycles. The molecule has 1 heterocycles. The van der Waals surface area contributed by atoms with Crippen molar-refractivity contribution in [2.45, 2.75) is 0 Å². The van der Waals surface area contributed by atoms with E-state index in [0.29, 0.717) is 5.56 Å². The summed E-state index contributed by atoms with van der Waals surface area (Å²) in [5.74, 6) is -1.64. The largest absolute Gasteiger partial charge is 0.462 e. The minimum absolute atomic E-state index is 0.0125. The number of halogens is 2. The number of methoxy groups -OCH3 is 1. The lowest BCUT2D eigenvalue weighted by atomic mass is 10.2. The summed E-state index contributed by atoms with van der Waals surface area (Å²) in [5, 5.41) is 7.06. The Kier molecular flexibility index (Phi) is 3.06. The SMILES string of the molecule is COC(=O)c1nnc(-c2ccc(Cl)c(F)c2)o1. The Morgan fingerprint density at radius 2 is 2.24 bits per heavy atom. The van der Waals surface area contributed by atoms with Crippen LogP contribution in [0.3, 0.4) is 0 Å². The van der Waals surface area contributed by atoms with Crippen molar-refractivity contribution in [3.05, 3.63) is 34.9 Å². The number of carbonyl (C=O) groups is 1. The highest BCUT2D eigenvalue weighted by molar-refractivity contribution is 6.30. The summed E-state index contributed by atoms with van der Waals surface area (Å²) in [5.41, 5.74) is 0.328. The van der Waals surface area contributed by atoms with E-state index in [1.807, 2.05) is 0 Å². The molecular formula is C10H6ClFN2O3. The molecule has 0 N–H and O–H groups in total. The van der Waals surface area contributed by atoms with Gasteiger partial charge in [0.1, 0.15) is 5.82 Å². The van der Waals surface area contributed by atoms with Crippen LogP contribution < -0.4 is 0 Å². The van der Waals surface area contributed by atoms with Gasteiger partial charge >= 0.3 is 11.9 Å². The van der Waals surface area contributed by atoms with Crippen molar-refractivity contribution >= 4 is 17.6 Å². The van der Waals surface area contributed by atoms with Crippen molar-refractivity contribution in [2.75, 3.05) is 7.11 Å². The van der Waals surface area contributed by atoms with Crippen LogP contribution in [0.5, 0.6) is 0 Å². The Bertz CT molecular complexity index is 570. The smallest absolute Gasteiger partial charge is 0.396 e. The topological polar surface area (TPSA) is 65.2 Å². The number of rotatable bonds is 2. The van der Waals surface area contributed by atoms with E-state index in [1.165, 1.54) is 19.2 Å². The van der Waals surface area contributed by atoms with E-state index < -0.39 is 11.8 Å². The van der Waals surface area contributed by atoms with Gasteiger partial charge < -0.3 is 9.15 Å². The first-order valence-corrected chi connectivity index (χ1v) is 4.87. The standard InChI is InChI=1S/C10H6ClFN2O3/c1-16-10(15)9-14-13-8(17-9)5-2-3-6(11)7(12)4-5/h2-4H,1H3. The third kappa shape index (κ3) is 2.26. The van der Waals surface area contributed by atoms with E-state index in [1.54, 1.807) is 0 Å². The zero-order valence-corrected chi connectivity index (χ0v) is 9.36. The van der Waals surface area contributed by atoms with Crippen LogP contribution in [0, 0.1) is 5.82 Å². The van der Waals surface area contributed by atoms with Gasteiger partial charge in [0.05, 0.1) is 12.1 Å². The normalized spacial score (nSPS) is 10.3. The molecule has 0 saturated heterocycles. The molecule has 1 aromatic heterocycles. The summed E-state index contributed by atoms with van der Waals surface area (Å²) >= 11 is 5.53. The van der Waals surface area contributed by atoms with Crippen LogP contribution in [-0.4, -0.2) is 23.3 Å². The molecule has 1 aromatic carbocycles. The van der Waals surface area contributed by atoms with Crippen molar-refractivity contribution in [1.82, 2.24) is 10.2 Å². The molecule has 0 saturated carbocycles. The van der Waals surface area contributed by atoms with Crippen molar-refractivity contribution in [1.29, 1.82) is 0 Å². The van der Waals surface area contributed by atoms with Crippen molar-refractivity contribution < 1.29 is 18.3 Å². The number of nitrogens with zero attached hydrogens (tertiary/aromatic N) is 2. The van der Waals surface area contributed by atoms with Gasteiger partial charge in [-0.25, -0.2) is 9.18 Å². The fourth-order valence-corrected chi connectivity index (χ4v) is 1.26. The van der Waals surface area contributed by atoms with Crippen LogP contribution in [0.15, 0.2) is 22.6 Å². The maximum atomic E-state index is 13.2. The quantitative estimate of drug-likeness (QED) is 0.772. The first kappa shape index (κ1) is 11.5. The molecule has 0 unspecified atom stereocenters. The number of carbonyl (C=O) groups excluding carboxylic acids is 1. The van der Waals surface area contributed by atoms with Gasteiger partial charge in [-0.05, 0) is 18.2 Å². The van der Waals surface area contributed by atoms with E-state index in [-0.39, 0.29) is 16.8 Å². The molecule has 0 amide bonds. The summed E-state index contributed by atoms with van der Waals surface area (Å²) in [6.45, 7) is 0. The van der Waals surface area contributed by atoms with Crippen LogP contribution in [-0.2, 0) is 4.74 Å². The maximum Gasteiger partial charge on any atom is 0.396 e. The summed E-state index contributed by atoms with van der Waals surface area (Å²) in [7, 11) is 1.19. The molecule has 7 heteroatoms. The Morgan fingerprint density at radius 3 is 2.88 bits per heavy atom. The molecule has 2 rings (SSSR count). The highest BCUT2D eigenvalue weighted by Gasteiger charge is 2.16. The highest BCUT2D eigenvalue weighted by Crippen LogP contribution is 2.23. The van der Waals surface area contributed by atoms with E-state index in [0.717, 1.165) is 6.07 Å². The van der Waals surface area contributed by atoms with E-state index >= 15 is 0 Å². The summed E-state index contributed by atoms with van der Waals surface area (Å²) in [4.78, 5) is 11.1. The first-order chi connectivity index (χ1) is 8.11. The second-order valence-electron chi connectivity index (χ2n) is 3.03. The Hall–Kier alpha value is -1.95. The minimum Gasteiger partial charge on any atom is -0.462 e. The van der Waals surface area contributed by atoms with Crippen LogP contribution in [0.25, 0.3) is 11.5 Å². The Balaban J connectivity index is 2.37. The fraction of sp³-hybridized carbons (Fsp3) is 0.100. The number of ether oxygens (including phenoxy) is 1. The number of hydrogen-bond donors (Lipinski definition) is 0. The lowest BCUT2D eigenvalue weighted by Gasteiger charge is -1.96. The van der Waals surface area contributed by atoms with Gasteiger partial charge in [-0.2, -0.15) is 0 Å². The summed E-state index contributed by atoms with van der Waals surface area (Å²) in [6.07, 6.45) is 0. The zero-order chi connectivity index (χ0) is 12.4. The predicted octanol–water partition coefficient (Wildman–Crippen LogP) is 2.32. The van der Waals surface area contributed by atoms with Crippen LogP contribution >= 0.6 is 11.6 Å². The fourth-order valence-electron chi connectivity index (χ4n) is 1.14. The Labute approximate surface area is 100 Å². The molecule has 17 heavy (non-hydrogen) atoms. The monoisotopic (exact) mass is 256 g/mol. The molecule has 5 nitrogen and oxygen atoms in total. The highest BCUT2D eigenvalue weighted by atomic mass is 35.5. The second kappa shape index (κ2) is 4.50. The number of benzene rings is 1. The average Bonchev–Trinajstić information content (AvgIpc) is 2.81. The molecule has 0 aliphatic rings. The number of aromatic nitrogens is 2. The number of hydrogen-bond acceptors (Lipinski definition) is 5. The van der Waals surface area contributed by atoms with Gasteiger partial charge in [0.15, 0.2) is 0 Å². The molecule has 0 radical (unpaired) electrons. The third-order valence-corrected chi connectivity index (χ3v) is 2.26. The van der Waals surface area contributed by atoms with Crippen molar-refractivity contribution in [3.8, 4) is 11.5 Å². The van der Waals surface area contributed by atoms with Crippen LogP contribution in [0.1, 0.15) is 10.7 Å². The third-order valence-electron chi connectivity index (χ3n) is 1.95.